The molecule has 0 spiro atoms. The minimum absolute atomic E-state index is 0. The van der Waals surface area contributed by atoms with Crippen LogP contribution in [0, 0.1) is 6.92 Å². The van der Waals surface area contributed by atoms with E-state index < -0.39 is 0 Å². The highest BCUT2D eigenvalue weighted by molar-refractivity contribution is 5.56. The Balaban J connectivity index is 0.000000352. The monoisotopic (exact) mass is 262 g/mol. The van der Waals surface area contributed by atoms with Crippen LogP contribution in [0.1, 0.15) is 12.5 Å². The number of hydrogen-bond donors (Lipinski definition) is 3. The lowest BCUT2D eigenvalue weighted by Gasteiger charge is -2.07. The molecule has 19 heavy (non-hydrogen) atoms. The Morgan fingerprint density at radius 1 is 1.05 bits per heavy atom. The van der Waals surface area contributed by atoms with Gasteiger partial charge in [-0.05, 0) is 26.0 Å². The molecule has 4 nitrogen and oxygen atoms in total. The molecule has 0 saturated carbocycles. The van der Waals surface area contributed by atoms with Gasteiger partial charge in [0, 0.05) is 17.8 Å². The smallest absolute Gasteiger partial charge is 0.120 e. The molecule has 0 aliphatic carbocycles. The molecule has 0 atom stereocenters. The van der Waals surface area contributed by atoms with Gasteiger partial charge in [-0.1, -0.05) is 36.4 Å². The number of anilines is 1. The third kappa shape index (κ3) is 5.79. The largest absolute Gasteiger partial charge is 0.872 e. The molecule has 0 bridgehead atoms. The summed E-state index contributed by atoms with van der Waals surface area (Å²) in [6.45, 7) is 4.81. The van der Waals surface area contributed by atoms with Crippen LogP contribution in [0.25, 0.3) is 0 Å². The predicted octanol–water partition coefficient (Wildman–Crippen LogP) is 3.27. The van der Waals surface area contributed by atoms with Crippen LogP contribution in [0.3, 0.4) is 0 Å². The summed E-state index contributed by atoms with van der Waals surface area (Å²) in [5.74, 6) is 0.422. The van der Waals surface area contributed by atoms with Crippen molar-refractivity contribution in [1.29, 1.82) is 0 Å². The van der Waals surface area contributed by atoms with Crippen molar-refractivity contribution in [2.24, 2.45) is 0 Å². The predicted molar refractivity (Wildman–Crippen MR) is 78.9 cm³/mol. The van der Waals surface area contributed by atoms with E-state index in [1.54, 1.807) is 18.2 Å². The number of aromatic hydroxyl groups is 1. The van der Waals surface area contributed by atoms with Gasteiger partial charge in [0.1, 0.15) is 5.75 Å². The number of benzene rings is 2. The van der Waals surface area contributed by atoms with Gasteiger partial charge in [-0.25, -0.2) is 0 Å². The first-order valence-electron chi connectivity index (χ1n) is 5.89. The van der Waals surface area contributed by atoms with Crippen LogP contribution in [-0.4, -0.2) is 11.7 Å². The first-order valence-corrected chi connectivity index (χ1v) is 5.89. The van der Waals surface area contributed by atoms with E-state index in [0.717, 1.165) is 17.8 Å². The second kappa shape index (κ2) is 8.83. The second-order valence-electron chi connectivity index (χ2n) is 3.79. The topological polar surface area (TPSA) is 91.8 Å². The van der Waals surface area contributed by atoms with Crippen molar-refractivity contribution in [2.45, 2.75) is 13.8 Å². The second-order valence-corrected chi connectivity index (χ2v) is 3.79. The van der Waals surface area contributed by atoms with Gasteiger partial charge in [0.25, 0.3) is 0 Å². The van der Waals surface area contributed by atoms with Gasteiger partial charge in [-0.2, -0.15) is 0 Å². The number of hydrogen-bond acceptors (Lipinski definition) is 3. The minimum atomic E-state index is 0. The molecule has 0 aliphatic heterocycles. The van der Waals surface area contributed by atoms with Crippen molar-refractivity contribution < 1.29 is 10.2 Å². The van der Waals surface area contributed by atoms with Crippen LogP contribution >= 0.6 is 0 Å². The van der Waals surface area contributed by atoms with Crippen LogP contribution < -0.4 is 16.6 Å². The van der Waals surface area contributed by atoms with Gasteiger partial charge in [0.05, 0.1) is 0 Å². The molecule has 6 N–H and O–H groups in total. The Hall–Kier alpha value is -2.20. The highest BCUT2D eigenvalue weighted by atomic mass is 16.3. The Morgan fingerprint density at radius 3 is 2.16 bits per heavy atom. The molecule has 0 amide bonds. The SMILES string of the molecule is CCNc1cccc(O)c1C.[NH4+].[O-]c1ccccc1. The number of nitrogens with one attached hydrogen (secondary N) is 1. The summed E-state index contributed by atoms with van der Waals surface area (Å²) in [6.07, 6.45) is 0. The van der Waals surface area contributed by atoms with E-state index in [9.17, 15) is 10.2 Å². The zero-order valence-electron chi connectivity index (χ0n) is 11.7. The first-order chi connectivity index (χ1) is 8.65. The van der Waals surface area contributed by atoms with E-state index in [0.29, 0.717) is 5.75 Å². The summed E-state index contributed by atoms with van der Waals surface area (Å²) in [5, 5.41) is 22.7. The van der Waals surface area contributed by atoms with E-state index in [1.807, 2.05) is 32.0 Å². The number of phenols is 1. The quantitative estimate of drug-likeness (QED) is 0.775. The number of quaternary nitrogens is 1. The fourth-order valence-electron chi connectivity index (χ4n) is 1.43. The number of rotatable bonds is 2. The molecule has 0 unspecified atom stereocenters. The lowest BCUT2D eigenvalue weighted by Crippen LogP contribution is -1.97. The third-order valence-corrected chi connectivity index (χ3v) is 2.42. The standard InChI is InChI=1S/C9H13NO.C6H6O.H3N/c1-3-10-8-5-4-6-9(11)7(8)2;7-6-4-2-1-3-5-6;/h4-6,10-11H,3H2,1-2H3;1-5,7H;1H3. The van der Waals surface area contributed by atoms with Crippen LogP contribution in [0.4, 0.5) is 5.69 Å². The fourth-order valence-corrected chi connectivity index (χ4v) is 1.43. The minimum Gasteiger partial charge on any atom is -0.872 e. The summed E-state index contributed by atoms with van der Waals surface area (Å²) in [5.41, 5.74) is 1.92. The van der Waals surface area contributed by atoms with E-state index in [-0.39, 0.29) is 11.9 Å². The molecule has 2 rings (SSSR count). The van der Waals surface area contributed by atoms with Crippen LogP contribution in [0.2, 0.25) is 0 Å². The molecule has 2 aromatic rings. The molecule has 0 heterocycles. The number of para-hydroxylation sites is 1. The van der Waals surface area contributed by atoms with Gasteiger partial charge in [0.2, 0.25) is 0 Å². The highest BCUT2D eigenvalue weighted by Gasteiger charge is 1.99. The van der Waals surface area contributed by atoms with Crippen molar-refractivity contribution in [3.8, 4) is 11.5 Å². The molecule has 0 radical (unpaired) electrons. The zero-order chi connectivity index (χ0) is 13.4. The fraction of sp³-hybridized carbons (Fsp3) is 0.200. The normalized spacial score (nSPS) is 8.74. The van der Waals surface area contributed by atoms with Crippen LogP contribution in [0.15, 0.2) is 48.5 Å². The summed E-state index contributed by atoms with van der Waals surface area (Å²) < 4.78 is 0. The van der Waals surface area contributed by atoms with E-state index in [2.05, 4.69) is 5.32 Å². The average Bonchev–Trinajstić information content (AvgIpc) is 2.37. The summed E-state index contributed by atoms with van der Waals surface area (Å²) >= 11 is 0. The van der Waals surface area contributed by atoms with Crippen molar-refractivity contribution in [3.05, 3.63) is 54.1 Å². The molecule has 0 saturated heterocycles. The van der Waals surface area contributed by atoms with Crippen LogP contribution in [0.5, 0.6) is 11.5 Å². The highest BCUT2D eigenvalue weighted by Crippen LogP contribution is 2.23. The molecular weight excluding hydrogens is 240 g/mol. The Bertz CT molecular complexity index is 473. The molecule has 4 heteroatoms. The molecule has 0 fully saturated rings. The molecular formula is C15H22N2O2. The zero-order valence-corrected chi connectivity index (χ0v) is 11.7. The van der Waals surface area contributed by atoms with E-state index in [1.165, 1.54) is 12.1 Å². The third-order valence-electron chi connectivity index (χ3n) is 2.42. The van der Waals surface area contributed by atoms with Crippen molar-refractivity contribution in [1.82, 2.24) is 6.15 Å². The summed E-state index contributed by atoms with van der Waals surface area (Å²) in [6, 6.07) is 13.8. The van der Waals surface area contributed by atoms with Gasteiger partial charge >= 0.3 is 0 Å². The molecule has 0 aromatic heterocycles. The first kappa shape index (κ1) is 16.8. The Morgan fingerprint density at radius 2 is 1.68 bits per heavy atom. The van der Waals surface area contributed by atoms with Gasteiger partial charge in [-0.3, -0.25) is 0 Å². The van der Waals surface area contributed by atoms with Gasteiger partial charge in [0.15, 0.2) is 0 Å². The Kier molecular flexibility index (Phi) is 7.81. The van der Waals surface area contributed by atoms with Gasteiger partial charge < -0.3 is 21.7 Å². The lowest BCUT2D eigenvalue weighted by atomic mass is 10.2. The summed E-state index contributed by atoms with van der Waals surface area (Å²) in [7, 11) is 0. The number of phenolic OH excluding ortho intramolecular Hbond substituents is 1. The van der Waals surface area contributed by atoms with E-state index in [4.69, 9.17) is 0 Å². The molecule has 0 aliphatic rings. The molecule has 2 aromatic carbocycles. The van der Waals surface area contributed by atoms with Crippen molar-refractivity contribution in [2.75, 3.05) is 11.9 Å². The molecule has 104 valence electrons. The van der Waals surface area contributed by atoms with Crippen molar-refractivity contribution >= 4 is 5.69 Å². The average molecular weight is 262 g/mol. The Labute approximate surface area is 114 Å². The van der Waals surface area contributed by atoms with Crippen LogP contribution in [-0.2, 0) is 0 Å². The maximum Gasteiger partial charge on any atom is 0.120 e. The summed E-state index contributed by atoms with van der Waals surface area (Å²) in [4.78, 5) is 0. The lowest BCUT2D eigenvalue weighted by molar-refractivity contribution is -0.268. The maximum absolute atomic E-state index is 10.3. The van der Waals surface area contributed by atoms with Crippen molar-refractivity contribution in [3.63, 3.8) is 0 Å². The van der Waals surface area contributed by atoms with Gasteiger partial charge in [-0.15, -0.1) is 5.75 Å². The maximum atomic E-state index is 10.3. The van der Waals surface area contributed by atoms with E-state index >= 15 is 0 Å².